The lowest BCUT2D eigenvalue weighted by Gasteiger charge is -2.36. The van der Waals surface area contributed by atoms with Crippen molar-refractivity contribution in [3.63, 3.8) is 0 Å². The van der Waals surface area contributed by atoms with Crippen LogP contribution in [0.4, 0.5) is 17.6 Å². The Balaban J connectivity index is 0.000000194. The number of benzene rings is 5. The number of fused-ring (bicyclic) bond motifs is 2. The molecule has 5 aromatic carbocycles. The minimum atomic E-state index is -6.35. The Bertz CT molecular complexity index is 2220. The molecule has 3 atom stereocenters. The third kappa shape index (κ3) is 14.6. The van der Waals surface area contributed by atoms with Crippen LogP contribution in [-0.4, -0.2) is 43.4 Å². The summed E-state index contributed by atoms with van der Waals surface area (Å²) in [5.74, 6) is -7.10. The molecule has 0 heterocycles. The summed E-state index contributed by atoms with van der Waals surface area (Å²) in [5.41, 5.74) is 3.31. The number of hydrogen-bond donors (Lipinski definition) is 0. The van der Waals surface area contributed by atoms with Gasteiger partial charge in [-0.25, -0.2) is 16.8 Å². The first-order valence-electron chi connectivity index (χ1n) is 20.1. The zero-order chi connectivity index (χ0) is 46.1. The summed E-state index contributed by atoms with van der Waals surface area (Å²) < 4.78 is 114. The van der Waals surface area contributed by atoms with E-state index in [1.165, 1.54) is 33.0 Å². The first-order valence-corrected chi connectivity index (χ1v) is 26.7. The predicted molar refractivity (Wildman–Crippen MR) is 233 cm³/mol. The Kier molecular flexibility index (Phi) is 17.5. The molecule has 336 valence electrons. The first-order chi connectivity index (χ1) is 28.7. The smallest absolute Gasteiger partial charge is 0.396 e. The van der Waals surface area contributed by atoms with Crippen LogP contribution in [0.25, 0.3) is 0 Å². The van der Waals surface area contributed by atoms with Crippen molar-refractivity contribution in [3.8, 4) is 0 Å². The van der Waals surface area contributed by atoms with Crippen LogP contribution in [-0.2, 0) is 42.0 Å². The molecule has 2 aliphatic rings. The van der Waals surface area contributed by atoms with Crippen LogP contribution >= 0.6 is 0 Å². The highest BCUT2D eigenvalue weighted by molar-refractivity contribution is 7.97. The summed E-state index contributed by atoms with van der Waals surface area (Å²) in [4.78, 5) is 4.08. The van der Waals surface area contributed by atoms with Crippen molar-refractivity contribution < 1.29 is 64.7 Å². The molecule has 2 aliphatic carbocycles. The Morgan fingerprint density at radius 1 is 0.548 bits per heavy atom. The Hall–Kier alpha value is -3.28. The average molecular weight is 1030 g/mol. The fourth-order valence-electron chi connectivity index (χ4n) is 7.30. The minimum Gasteiger partial charge on any atom is -0.748 e. The Labute approximate surface area is 379 Å². The van der Waals surface area contributed by atoms with Gasteiger partial charge in [-0.05, 0) is 114 Å². The maximum absolute atomic E-state index is 13.5. The molecule has 0 aromatic heterocycles. The van der Waals surface area contributed by atoms with Gasteiger partial charge in [0.2, 0.25) is 0 Å². The van der Waals surface area contributed by atoms with Gasteiger partial charge < -0.3 is 9.11 Å². The molecule has 2 bridgehead atoms. The molecule has 3 unspecified atom stereocenters. The van der Waals surface area contributed by atoms with E-state index in [9.17, 15) is 30.5 Å². The second-order valence-corrected chi connectivity index (χ2v) is 25.3. The van der Waals surface area contributed by atoms with Gasteiger partial charge >= 0.3 is 32.4 Å². The summed E-state index contributed by atoms with van der Waals surface area (Å²) in [6.45, 7) is 13.6. The SMILES string of the molecule is CC(C)(C)c1ccc([I+]c2ccc(C(C)(C)C)cc2)cc1.CS(=O)(=O)[O-].O=S(=O)([O-])C(F)(F)C(F)(F)C1CC2CCC1C2.c1ccc([S+](c2ccccc2)c2ccccc2)cc1. The number of rotatable bonds is 8. The molecule has 7 rings (SSSR count). The highest BCUT2D eigenvalue weighted by Crippen LogP contribution is 2.58. The van der Waals surface area contributed by atoms with Gasteiger partial charge in [0, 0.05) is 12.2 Å². The van der Waals surface area contributed by atoms with Crippen LogP contribution in [0.1, 0.15) is 78.4 Å². The predicted octanol–water partition coefficient (Wildman–Crippen LogP) is 8.55. The molecule has 2 saturated carbocycles. The largest absolute Gasteiger partial charge is 0.748 e. The summed E-state index contributed by atoms with van der Waals surface area (Å²) in [6.07, 6.45) is 2.03. The highest BCUT2D eigenvalue weighted by atomic mass is 127. The maximum Gasteiger partial charge on any atom is 0.396 e. The third-order valence-electron chi connectivity index (χ3n) is 10.5. The van der Waals surface area contributed by atoms with E-state index in [-0.39, 0.29) is 55.3 Å². The average Bonchev–Trinajstić information content (AvgIpc) is 3.84. The standard InChI is InChI=1S/C20H26I.C18H15S.C9H12F4O3S.CH4O3S/c1-19(2,3)15-7-11-17(12-8-15)21-18-13-9-16(10-14-18)20(4,5)6;1-4-10-16(11-5-1)19(17-12-6-2-7-13-17)18-14-8-3-9-15-18;10-8(11,9(12,13)17(14,15)16)7-4-5-1-2-6(7)3-5;1-5(2,3)4/h7-14H,1-6H3;1-15H;5-7H,1-4H2,(H,14,15,16);1H3,(H,2,3,4)/q2*+1;;/p-2. The van der Waals surface area contributed by atoms with Crippen LogP contribution in [0.5, 0.6) is 0 Å². The molecular weight excluding hydrogens is 972 g/mol. The third-order valence-corrected chi connectivity index (χ3v) is 16.3. The number of alkyl halides is 4. The summed E-state index contributed by atoms with van der Waals surface area (Å²) >= 11 is -0.0703. The van der Waals surface area contributed by atoms with E-state index in [2.05, 4.69) is 181 Å². The molecule has 0 saturated heterocycles. The summed E-state index contributed by atoms with van der Waals surface area (Å²) in [6, 6.07) is 50.6. The lowest BCUT2D eigenvalue weighted by molar-refractivity contribution is -0.597. The Morgan fingerprint density at radius 3 is 1.15 bits per heavy atom. The molecule has 0 radical (unpaired) electrons. The molecule has 2 fully saturated rings. The monoisotopic (exact) mass is 1030 g/mol. The molecule has 5 aromatic rings. The number of halogens is 5. The summed E-state index contributed by atoms with van der Waals surface area (Å²) in [5, 5.41) is -5.52. The van der Waals surface area contributed by atoms with Crippen LogP contribution in [0.2, 0.25) is 0 Å². The maximum atomic E-state index is 13.5. The van der Waals surface area contributed by atoms with Crippen molar-refractivity contribution in [2.75, 3.05) is 6.26 Å². The minimum absolute atomic E-state index is 0.0146. The topological polar surface area (TPSA) is 114 Å². The highest BCUT2D eigenvalue weighted by Gasteiger charge is 2.68. The van der Waals surface area contributed by atoms with Crippen LogP contribution < -0.4 is 21.2 Å². The van der Waals surface area contributed by atoms with Gasteiger partial charge in [0.05, 0.1) is 21.0 Å². The van der Waals surface area contributed by atoms with Crippen molar-refractivity contribution in [2.24, 2.45) is 17.8 Å². The van der Waals surface area contributed by atoms with E-state index in [4.69, 9.17) is 13.0 Å². The van der Waals surface area contributed by atoms with Crippen molar-refractivity contribution >= 4 is 31.1 Å². The lowest BCUT2D eigenvalue weighted by Crippen LogP contribution is -3.61. The normalized spacial score (nSPS) is 17.8. The van der Waals surface area contributed by atoms with Gasteiger partial charge in [-0.1, -0.05) is 127 Å². The quantitative estimate of drug-likeness (QED) is 0.0667. The van der Waals surface area contributed by atoms with Crippen LogP contribution in [0.15, 0.2) is 154 Å². The van der Waals surface area contributed by atoms with Crippen molar-refractivity contribution in [1.29, 1.82) is 0 Å². The molecule has 0 aliphatic heterocycles. The fraction of sp³-hybridized carbons (Fsp3) is 0.375. The van der Waals surface area contributed by atoms with E-state index < -0.39 is 43.2 Å². The molecule has 0 amide bonds. The van der Waals surface area contributed by atoms with E-state index in [0.29, 0.717) is 25.5 Å². The van der Waals surface area contributed by atoms with Crippen LogP contribution in [0.3, 0.4) is 0 Å². The van der Waals surface area contributed by atoms with Crippen molar-refractivity contribution in [2.45, 2.75) is 104 Å². The van der Waals surface area contributed by atoms with Gasteiger partial charge in [-0.3, -0.25) is 0 Å². The van der Waals surface area contributed by atoms with E-state index in [0.717, 1.165) is 0 Å². The molecule has 62 heavy (non-hydrogen) atoms. The lowest BCUT2D eigenvalue weighted by atomic mass is 9.84. The molecule has 0 N–H and O–H groups in total. The second kappa shape index (κ2) is 21.1. The fourth-order valence-corrected chi connectivity index (χ4v) is 12.0. The van der Waals surface area contributed by atoms with Crippen molar-refractivity contribution in [1.82, 2.24) is 0 Å². The first kappa shape index (κ1) is 51.4. The van der Waals surface area contributed by atoms with Gasteiger partial charge in [-0.2, -0.15) is 17.6 Å². The Morgan fingerprint density at radius 2 is 0.887 bits per heavy atom. The zero-order valence-corrected chi connectivity index (χ0v) is 40.5. The summed E-state index contributed by atoms with van der Waals surface area (Å²) in [7, 11) is -10.3. The van der Waals surface area contributed by atoms with E-state index in [1.807, 2.05) is 0 Å². The molecular formula is C48H55F4IO6S3. The van der Waals surface area contributed by atoms with E-state index >= 15 is 0 Å². The van der Waals surface area contributed by atoms with Crippen molar-refractivity contribution in [3.05, 3.63) is 158 Å². The van der Waals surface area contributed by atoms with Gasteiger partial charge in [-0.15, -0.1) is 0 Å². The zero-order valence-electron chi connectivity index (χ0n) is 35.9. The van der Waals surface area contributed by atoms with Gasteiger partial charge in [0.1, 0.15) is 0 Å². The van der Waals surface area contributed by atoms with Gasteiger partial charge in [0.15, 0.2) is 31.9 Å². The van der Waals surface area contributed by atoms with Gasteiger partial charge in [0.25, 0.3) is 0 Å². The molecule has 6 nitrogen and oxygen atoms in total. The van der Waals surface area contributed by atoms with E-state index in [1.54, 1.807) is 0 Å². The molecule has 0 spiro atoms. The van der Waals surface area contributed by atoms with Crippen LogP contribution in [0, 0.1) is 24.9 Å². The second-order valence-electron chi connectivity index (χ2n) is 17.4. The molecule has 14 heteroatoms. The number of hydrogen-bond acceptors (Lipinski definition) is 6.